The molecular weight excluding hydrogens is 258 g/mol. The minimum atomic E-state index is -0.728. The van der Waals surface area contributed by atoms with Crippen molar-refractivity contribution in [2.24, 2.45) is 5.73 Å². The van der Waals surface area contributed by atoms with Crippen molar-refractivity contribution in [2.45, 2.75) is 32.9 Å². The summed E-state index contributed by atoms with van der Waals surface area (Å²) in [4.78, 5) is 22.7. The number of primary amides is 1. The van der Waals surface area contributed by atoms with Crippen molar-refractivity contribution in [3.8, 4) is 5.75 Å². The van der Waals surface area contributed by atoms with Gasteiger partial charge in [0.05, 0.1) is 13.2 Å². The molecule has 3 amide bonds. The van der Waals surface area contributed by atoms with Crippen LogP contribution in [0.4, 0.5) is 4.79 Å². The second-order valence-corrected chi connectivity index (χ2v) is 4.71. The molecule has 0 saturated carbocycles. The highest BCUT2D eigenvalue weighted by Gasteiger charge is 2.19. The van der Waals surface area contributed by atoms with Crippen LogP contribution < -0.4 is 21.1 Å². The lowest BCUT2D eigenvalue weighted by Crippen LogP contribution is -2.47. The van der Waals surface area contributed by atoms with E-state index in [1.54, 1.807) is 14.0 Å². The Morgan fingerprint density at radius 1 is 1.25 bits per heavy atom. The molecule has 2 atom stereocenters. The van der Waals surface area contributed by atoms with Gasteiger partial charge in [-0.15, -0.1) is 0 Å². The van der Waals surface area contributed by atoms with E-state index in [2.05, 4.69) is 10.6 Å². The van der Waals surface area contributed by atoms with Crippen LogP contribution in [0.25, 0.3) is 0 Å². The smallest absolute Gasteiger partial charge is 0.312 e. The lowest BCUT2D eigenvalue weighted by molar-refractivity contribution is -0.123. The topological polar surface area (TPSA) is 93.4 Å². The van der Waals surface area contributed by atoms with Gasteiger partial charge in [-0.05, 0) is 26.8 Å². The van der Waals surface area contributed by atoms with Gasteiger partial charge >= 0.3 is 6.03 Å². The summed E-state index contributed by atoms with van der Waals surface area (Å²) < 4.78 is 5.29. The van der Waals surface area contributed by atoms with Gasteiger partial charge in [0.1, 0.15) is 11.8 Å². The normalized spacial score (nSPS) is 13.2. The van der Waals surface area contributed by atoms with Crippen molar-refractivity contribution in [3.05, 3.63) is 29.3 Å². The van der Waals surface area contributed by atoms with Crippen molar-refractivity contribution < 1.29 is 14.3 Å². The highest BCUT2D eigenvalue weighted by molar-refractivity contribution is 5.86. The van der Waals surface area contributed by atoms with Crippen molar-refractivity contribution >= 4 is 11.9 Å². The van der Waals surface area contributed by atoms with E-state index in [0.29, 0.717) is 5.75 Å². The predicted octanol–water partition coefficient (Wildman–Crippen LogP) is 1.24. The van der Waals surface area contributed by atoms with Gasteiger partial charge in [0.25, 0.3) is 0 Å². The van der Waals surface area contributed by atoms with Crippen molar-refractivity contribution in [3.63, 3.8) is 0 Å². The minimum Gasteiger partial charge on any atom is -0.496 e. The summed E-state index contributed by atoms with van der Waals surface area (Å²) >= 11 is 0. The van der Waals surface area contributed by atoms with E-state index in [1.807, 2.05) is 32.0 Å². The quantitative estimate of drug-likeness (QED) is 0.757. The second kappa shape index (κ2) is 6.79. The molecule has 1 aromatic carbocycles. The van der Waals surface area contributed by atoms with Gasteiger partial charge in [0.15, 0.2) is 0 Å². The molecule has 0 spiro atoms. The van der Waals surface area contributed by atoms with E-state index in [0.717, 1.165) is 11.1 Å². The molecular formula is C14H21N3O3. The van der Waals surface area contributed by atoms with Crippen LogP contribution in [0.2, 0.25) is 0 Å². The molecule has 0 fully saturated rings. The largest absolute Gasteiger partial charge is 0.496 e. The van der Waals surface area contributed by atoms with Crippen LogP contribution in [-0.2, 0) is 4.79 Å². The molecule has 110 valence electrons. The summed E-state index contributed by atoms with van der Waals surface area (Å²) in [5.74, 6) is 0.402. The molecule has 6 heteroatoms. The average Bonchev–Trinajstić information content (AvgIpc) is 2.37. The molecule has 0 aromatic heterocycles. The third kappa shape index (κ3) is 4.15. The maximum absolute atomic E-state index is 11.9. The van der Waals surface area contributed by atoms with Gasteiger partial charge in [-0.3, -0.25) is 4.79 Å². The van der Waals surface area contributed by atoms with Crippen LogP contribution in [0.5, 0.6) is 5.75 Å². The van der Waals surface area contributed by atoms with E-state index in [1.165, 1.54) is 0 Å². The summed E-state index contributed by atoms with van der Waals surface area (Å²) in [5.41, 5.74) is 6.94. The lowest BCUT2D eigenvalue weighted by Gasteiger charge is -2.20. The number of nitrogens with two attached hydrogens (primary N) is 1. The molecule has 1 rings (SSSR count). The average molecular weight is 279 g/mol. The number of hydrogen-bond acceptors (Lipinski definition) is 3. The zero-order valence-corrected chi connectivity index (χ0v) is 12.2. The Morgan fingerprint density at radius 2 is 1.90 bits per heavy atom. The number of amides is 3. The van der Waals surface area contributed by atoms with Crippen LogP contribution in [0.3, 0.4) is 0 Å². The van der Waals surface area contributed by atoms with Gasteiger partial charge in [-0.25, -0.2) is 4.79 Å². The summed E-state index contributed by atoms with van der Waals surface area (Å²) in [6, 6.07) is 4.09. The molecule has 0 aliphatic rings. The Hall–Kier alpha value is -2.24. The Labute approximate surface area is 118 Å². The van der Waals surface area contributed by atoms with E-state index >= 15 is 0 Å². The van der Waals surface area contributed by atoms with Gasteiger partial charge in [0, 0.05) is 5.56 Å². The van der Waals surface area contributed by atoms with Gasteiger partial charge in [-0.2, -0.15) is 0 Å². The standard InChI is InChI=1S/C14H21N3O3/c1-8-5-6-12(20-4)11(7-8)9(2)16-13(18)10(3)17-14(15)19/h5-7,9-10H,1-4H3,(H,16,18)(H3,15,17,19)/t9-,10-/m1/s1. The molecule has 0 aliphatic carbocycles. The first kappa shape index (κ1) is 15.8. The molecule has 0 radical (unpaired) electrons. The molecule has 0 aliphatic heterocycles. The first-order valence-corrected chi connectivity index (χ1v) is 6.36. The number of benzene rings is 1. The fourth-order valence-corrected chi connectivity index (χ4v) is 1.89. The van der Waals surface area contributed by atoms with Crippen LogP contribution in [0.15, 0.2) is 18.2 Å². The van der Waals surface area contributed by atoms with Crippen molar-refractivity contribution in [2.75, 3.05) is 7.11 Å². The monoisotopic (exact) mass is 279 g/mol. The van der Waals surface area contributed by atoms with Crippen LogP contribution in [-0.4, -0.2) is 25.1 Å². The van der Waals surface area contributed by atoms with Gasteiger partial charge in [0.2, 0.25) is 5.91 Å². The summed E-state index contributed by atoms with van der Waals surface area (Å²) in [5, 5.41) is 5.15. The number of urea groups is 1. The zero-order chi connectivity index (χ0) is 15.3. The number of carbonyl (C=O) groups is 2. The van der Waals surface area contributed by atoms with E-state index in [4.69, 9.17) is 10.5 Å². The third-order valence-corrected chi connectivity index (χ3v) is 2.96. The van der Waals surface area contributed by atoms with Crippen LogP contribution >= 0.6 is 0 Å². The summed E-state index contributed by atoms with van der Waals surface area (Å²) in [6.45, 7) is 5.39. The molecule has 6 nitrogen and oxygen atoms in total. The Bertz CT molecular complexity index is 502. The number of aryl methyl sites for hydroxylation is 1. The summed E-state index contributed by atoms with van der Waals surface area (Å²) in [7, 11) is 1.58. The van der Waals surface area contributed by atoms with E-state index < -0.39 is 12.1 Å². The maximum atomic E-state index is 11.9. The molecule has 20 heavy (non-hydrogen) atoms. The molecule has 1 aromatic rings. The molecule has 0 unspecified atom stereocenters. The molecule has 0 heterocycles. The number of carbonyl (C=O) groups excluding carboxylic acids is 2. The molecule has 0 bridgehead atoms. The van der Waals surface area contributed by atoms with Crippen LogP contribution in [0.1, 0.15) is 31.0 Å². The van der Waals surface area contributed by atoms with Gasteiger partial charge < -0.3 is 21.1 Å². The fraction of sp³-hybridized carbons (Fsp3) is 0.429. The predicted molar refractivity (Wildman–Crippen MR) is 76.5 cm³/mol. The Balaban J connectivity index is 2.80. The first-order chi connectivity index (χ1) is 9.35. The highest BCUT2D eigenvalue weighted by Crippen LogP contribution is 2.25. The van der Waals surface area contributed by atoms with E-state index in [-0.39, 0.29) is 11.9 Å². The van der Waals surface area contributed by atoms with E-state index in [9.17, 15) is 9.59 Å². The molecule has 4 N–H and O–H groups in total. The van der Waals surface area contributed by atoms with Gasteiger partial charge in [-0.1, -0.05) is 17.7 Å². The number of ether oxygens (including phenoxy) is 1. The maximum Gasteiger partial charge on any atom is 0.312 e. The third-order valence-electron chi connectivity index (χ3n) is 2.96. The van der Waals surface area contributed by atoms with Crippen LogP contribution in [0, 0.1) is 6.92 Å². The first-order valence-electron chi connectivity index (χ1n) is 6.36. The highest BCUT2D eigenvalue weighted by atomic mass is 16.5. The molecule has 0 saturated heterocycles. The fourth-order valence-electron chi connectivity index (χ4n) is 1.89. The SMILES string of the molecule is COc1ccc(C)cc1[C@@H](C)NC(=O)[C@@H](C)NC(N)=O. The second-order valence-electron chi connectivity index (χ2n) is 4.71. The number of hydrogen-bond donors (Lipinski definition) is 3. The number of methoxy groups -OCH3 is 1. The number of rotatable bonds is 5. The number of nitrogens with one attached hydrogen (secondary N) is 2. The minimum absolute atomic E-state index is 0.241. The summed E-state index contributed by atoms with van der Waals surface area (Å²) in [6.07, 6.45) is 0. The van der Waals surface area contributed by atoms with Crippen molar-refractivity contribution in [1.29, 1.82) is 0 Å². The Kier molecular flexibility index (Phi) is 5.37. The van der Waals surface area contributed by atoms with Crippen molar-refractivity contribution in [1.82, 2.24) is 10.6 Å². The Morgan fingerprint density at radius 3 is 2.45 bits per heavy atom. The zero-order valence-electron chi connectivity index (χ0n) is 12.2. The lowest BCUT2D eigenvalue weighted by atomic mass is 10.0.